The van der Waals surface area contributed by atoms with Gasteiger partial charge < -0.3 is 0 Å². The molecule has 0 saturated heterocycles. The minimum atomic E-state index is 0.0526. The standard InChI is InChI=1S/C14H15NOS2/c1-3-8-17-14-15-12(13(16)18-14)9-11-7-5-4-6-10(11)2/h4-7,9H,3,8H2,1-2H3. The molecule has 2 rings (SSSR count). The van der Waals surface area contributed by atoms with Crippen molar-refractivity contribution >= 4 is 39.1 Å². The van der Waals surface area contributed by atoms with E-state index in [1.165, 1.54) is 11.8 Å². The topological polar surface area (TPSA) is 29.4 Å². The molecule has 0 spiro atoms. The number of benzene rings is 1. The summed E-state index contributed by atoms with van der Waals surface area (Å²) in [6.07, 6.45) is 2.97. The van der Waals surface area contributed by atoms with Crippen LogP contribution in [-0.2, 0) is 4.79 Å². The second-order valence-corrected chi connectivity index (χ2v) is 6.31. The molecule has 0 atom stereocenters. The largest absolute Gasteiger partial charge is 0.279 e. The van der Waals surface area contributed by atoms with E-state index in [-0.39, 0.29) is 5.12 Å². The van der Waals surface area contributed by atoms with Crippen LogP contribution in [0.25, 0.3) is 6.08 Å². The third-order valence-corrected chi connectivity index (χ3v) is 4.73. The fourth-order valence-corrected chi connectivity index (χ4v) is 3.30. The summed E-state index contributed by atoms with van der Waals surface area (Å²) in [6, 6.07) is 8.01. The van der Waals surface area contributed by atoms with Crippen molar-refractivity contribution in [1.82, 2.24) is 0 Å². The lowest BCUT2D eigenvalue weighted by Crippen LogP contribution is -1.89. The van der Waals surface area contributed by atoms with Gasteiger partial charge in [0, 0.05) is 0 Å². The summed E-state index contributed by atoms with van der Waals surface area (Å²) in [7, 11) is 0. The number of hydrogen-bond acceptors (Lipinski definition) is 4. The average molecular weight is 277 g/mol. The Hall–Kier alpha value is -1.000. The van der Waals surface area contributed by atoms with Crippen molar-refractivity contribution in [1.29, 1.82) is 0 Å². The molecule has 0 saturated carbocycles. The van der Waals surface area contributed by atoms with E-state index in [9.17, 15) is 4.79 Å². The fraction of sp³-hybridized carbons (Fsp3) is 0.286. The van der Waals surface area contributed by atoms with Gasteiger partial charge in [0.05, 0.1) is 0 Å². The highest BCUT2D eigenvalue weighted by molar-refractivity contribution is 8.45. The van der Waals surface area contributed by atoms with Gasteiger partial charge in [0.2, 0.25) is 5.12 Å². The summed E-state index contributed by atoms with van der Waals surface area (Å²) < 4.78 is 0.877. The van der Waals surface area contributed by atoms with E-state index in [0.717, 1.165) is 27.7 Å². The van der Waals surface area contributed by atoms with E-state index in [0.29, 0.717) is 5.70 Å². The van der Waals surface area contributed by atoms with Gasteiger partial charge in [-0.15, -0.1) is 0 Å². The van der Waals surface area contributed by atoms with Crippen LogP contribution >= 0.6 is 23.5 Å². The molecule has 1 aromatic rings. The van der Waals surface area contributed by atoms with Crippen LogP contribution in [0.1, 0.15) is 24.5 Å². The van der Waals surface area contributed by atoms with Crippen molar-refractivity contribution in [2.24, 2.45) is 4.99 Å². The first-order chi connectivity index (χ1) is 8.70. The summed E-state index contributed by atoms with van der Waals surface area (Å²) in [5, 5.41) is 0.0526. The molecule has 0 N–H and O–H groups in total. The van der Waals surface area contributed by atoms with Gasteiger partial charge in [0.25, 0.3) is 0 Å². The molecule has 0 aliphatic carbocycles. The third-order valence-electron chi connectivity index (χ3n) is 2.51. The summed E-state index contributed by atoms with van der Waals surface area (Å²) in [5.74, 6) is 1.01. The van der Waals surface area contributed by atoms with Crippen LogP contribution in [0.3, 0.4) is 0 Å². The highest BCUT2D eigenvalue weighted by atomic mass is 32.2. The SMILES string of the molecule is CCCSC1=NC(=Cc2ccccc2C)C(=O)S1. The van der Waals surface area contributed by atoms with E-state index in [1.807, 2.05) is 37.3 Å². The molecule has 0 unspecified atom stereocenters. The van der Waals surface area contributed by atoms with Crippen LogP contribution < -0.4 is 0 Å². The number of aryl methyl sites for hydroxylation is 1. The summed E-state index contributed by atoms with van der Waals surface area (Å²) in [6.45, 7) is 4.16. The highest BCUT2D eigenvalue weighted by Gasteiger charge is 2.22. The van der Waals surface area contributed by atoms with Crippen molar-refractivity contribution < 1.29 is 4.79 Å². The first-order valence-corrected chi connectivity index (χ1v) is 7.72. The quantitative estimate of drug-likeness (QED) is 0.779. The lowest BCUT2D eigenvalue weighted by atomic mass is 10.1. The Labute approximate surface area is 116 Å². The number of carbonyl (C=O) groups is 1. The maximum Gasteiger partial charge on any atom is 0.244 e. The molecule has 18 heavy (non-hydrogen) atoms. The van der Waals surface area contributed by atoms with Gasteiger partial charge in [-0.1, -0.05) is 43.0 Å². The van der Waals surface area contributed by atoms with Crippen LogP contribution in [0, 0.1) is 6.92 Å². The fourth-order valence-electron chi connectivity index (χ4n) is 1.54. The average Bonchev–Trinajstić information content (AvgIpc) is 2.70. The zero-order valence-corrected chi connectivity index (χ0v) is 12.1. The van der Waals surface area contributed by atoms with Crippen molar-refractivity contribution in [3.05, 3.63) is 41.1 Å². The molecule has 1 aliphatic rings. The number of rotatable bonds is 3. The summed E-state index contributed by atoms with van der Waals surface area (Å²) in [4.78, 5) is 16.2. The van der Waals surface area contributed by atoms with Crippen LogP contribution in [0.15, 0.2) is 35.0 Å². The lowest BCUT2D eigenvalue weighted by molar-refractivity contribution is -0.107. The second kappa shape index (κ2) is 6.25. The van der Waals surface area contributed by atoms with E-state index in [2.05, 4.69) is 11.9 Å². The molecular weight excluding hydrogens is 262 g/mol. The number of nitrogens with zero attached hydrogens (tertiary/aromatic N) is 1. The molecule has 0 amide bonds. The molecule has 1 aromatic carbocycles. The summed E-state index contributed by atoms with van der Waals surface area (Å²) >= 11 is 2.90. The van der Waals surface area contributed by atoms with Crippen LogP contribution in [0.4, 0.5) is 0 Å². The van der Waals surface area contributed by atoms with Crippen molar-refractivity contribution in [3.63, 3.8) is 0 Å². The molecule has 1 aliphatic heterocycles. The molecule has 2 nitrogen and oxygen atoms in total. The predicted octanol–water partition coefficient (Wildman–Crippen LogP) is 4.11. The minimum absolute atomic E-state index is 0.0526. The predicted molar refractivity (Wildman–Crippen MR) is 81.9 cm³/mol. The normalized spacial score (nSPS) is 17.3. The van der Waals surface area contributed by atoms with Crippen molar-refractivity contribution in [3.8, 4) is 0 Å². The molecule has 94 valence electrons. The number of hydrogen-bond donors (Lipinski definition) is 0. The van der Waals surface area contributed by atoms with Crippen molar-refractivity contribution in [2.45, 2.75) is 20.3 Å². The maximum absolute atomic E-state index is 11.8. The molecule has 0 fully saturated rings. The van der Waals surface area contributed by atoms with Crippen molar-refractivity contribution in [2.75, 3.05) is 5.75 Å². The third kappa shape index (κ3) is 3.27. The van der Waals surface area contributed by atoms with Gasteiger partial charge in [-0.3, -0.25) is 4.79 Å². The van der Waals surface area contributed by atoms with Gasteiger partial charge in [0.15, 0.2) is 0 Å². The number of thioether (sulfide) groups is 2. The Bertz CT molecular complexity index is 520. The van der Waals surface area contributed by atoms with Crippen LogP contribution in [0.2, 0.25) is 0 Å². The molecule has 4 heteroatoms. The Morgan fingerprint density at radius 3 is 2.89 bits per heavy atom. The second-order valence-electron chi connectivity index (χ2n) is 4.00. The molecule has 0 aromatic heterocycles. The molecule has 1 heterocycles. The van der Waals surface area contributed by atoms with Gasteiger partial charge in [-0.2, -0.15) is 0 Å². The van der Waals surface area contributed by atoms with E-state index in [4.69, 9.17) is 0 Å². The highest BCUT2D eigenvalue weighted by Crippen LogP contribution is 2.31. The van der Waals surface area contributed by atoms with Gasteiger partial charge in [-0.05, 0) is 48.1 Å². The molecular formula is C14H15NOS2. The zero-order valence-electron chi connectivity index (χ0n) is 10.5. The molecule has 0 bridgehead atoms. The number of aliphatic imine (C=N–C) groups is 1. The van der Waals surface area contributed by atoms with E-state index >= 15 is 0 Å². The smallest absolute Gasteiger partial charge is 0.244 e. The first-order valence-electron chi connectivity index (χ1n) is 5.91. The van der Waals surface area contributed by atoms with Crippen LogP contribution in [-0.4, -0.2) is 15.2 Å². The van der Waals surface area contributed by atoms with Gasteiger partial charge in [0.1, 0.15) is 10.1 Å². The Morgan fingerprint density at radius 1 is 1.39 bits per heavy atom. The van der Waals surface area contributed by atoms with Crippen LogP contribution in [0.5, 0.6) is 0 Å². The maximum atomic E-state index is 11.8. The Morgan fingerprint density at radius 2 is 2.17 bits per heavy atom. The molecule has 0 radical (unpaired) electrons. The summed E-state index contributed by atoms with van der Waals surface area (Å²) in [5.41, 5.74) is 2.78. The first kappa shape index (κ1) is 13.4. The van der Waals surface area contributed by atoms with E-state index < -0.39 is 0 Å². The monoisotopic (exact) mass is 277 g/mol. The zero-order chi connectivity index (χ0) is 13.0. The Kier molecular flexibility index (Phi) is 4.66. The Balaban J connectivity index is 2.20. The minimum Gasteiger partial charge on any atom is -0.279 e. The van der Waals surface area contributed by atoms with Gasteiger partial charge >= 0.3 is 0 Å². The van der Waals surface area contributed by atoms with Gasteiger partial charge in [-0.25, -0.2) is 4.99 Å². The number of carbonyl (C=O) groups excluding carboxylic acids is 1. The van der Waals surface area contributed by atoms with E-state index in [1.54, 1.807) is 11.8 Å². The lowest BCUT2D eigenvalue weighted by Gasteiger charge is -1.98.